The van der Waals surface area contributed by atoms with Crippen LogP contribution in [0.4, 0.5) is 0 Å². The lowest BCUT2D eigenvalue weighted by atomic mass is 10.1. The summed E-state index contributed by atoms with van der Waals surface area (Å²) >= 11 is 7.17. The molecule has 0 saturated heterocycles. The van der Waals surface area contributed by atoms with E-state index in [1.54, 1.807) is 28.8 Å². The predicted octanol–water partition coefficient (Wildman–Crippen LogP) is 3.41. The Morgan fingerprint density at radius 1 is 1.10 bits per heavy atom. The first-order chi connectivity index (χ1) is 14.9. The van der Waals surface area contributed by atoms with Crippen molar-refractivity contribution in [2.24, 2.45) is 7.05 Å². The molecule has 0 spiro atoms. The number of thioether (sulfide) groups is 1. The minimum absolute atomic E-state index is 0.0606. The number of amides is 2. The maximum atomic E-state index is 12.4. The van der Waals surface area contributed by atoms with Gasteiger partial charge in [0.05, 0.1) is 11.8 Å². The van der Waals surface area contributed by atoms with Crippen molar-refractivity contribution in [1.29, 1.82) is 0 Å². The van der Waals surface area contributed by atoms with E-state index in [9.17, 15) is 9.59 Å². The molecule has 0 saturated carbocycles. The molecule has 1 aromatic heterocycles. The van der Waals surface area contributed by atoms with E-state index in [-0.39, 0.29) is 23.6 Å². The highest BCUT2D eigenvalue weighted by molar-refractivity contribution is 7.99. The molecule has 0 aliphatic heterocycles. The second-order valence-corrected chi connectivity index (χ2v) is 8.35. The van der Waals surface area contributed by atoms with Gasteiger partial charge in [0.1, 0.15) is 0 Å². The molecule has 2 aromatic carbocycles. The maximum absolute atomic E-state index is 12.4. The van der Waals surface area contributed by atoms with E-state index < -0.39 is 0 Å². The molecule has 0 radical (unpaired) electrons. The molecule has 0 bridgehead atoms. The van der Waals surface area contributed by atoms with Crippen molar-refractivity contribution in [2.45, 2.75) is 24.5 Å². The number of nitrogens with one attached hydrogen (secondary N) is 2. The maximum Gasteiger partial charge on any atom is 0.251 e. The number of hydrogen-bond donors (Lipinski definition) is 2. The number of aromatic nitrogens is 3. The van der Waals surface area contributed by atoms with Crippen LogP contribution in [0.15, 0.2) is 59.8 Å². The highest BCUT2D eigenvalue weighted by Gasteiger charge is 2.19. The third-order valence-corrected chi connectivity index (χ3v) is 5.89. The summed E-state index contributed by atoms with van der Waals surface area (Å²) in [5, 5.41) is 15.3. The van der Waals surface area contributed by atoms with E-state index >= 15 is 0 Å². The second-order valence-electron chi connectivity index (χ2n) is 6.98. The van der Waals surface area contributed by atoms with Crippen LogP contribution in [0.25, 0.3) is 0 Å². The summed E-state index contributed by atoms with van der Waals surface area (Å²) in [6.45, 7) is 2.42. The molecule has 1 heterocycles. The fraction of sp³-hybridized carbons (Fsp3) is 0.273. The molecule has 0 aliphatic rings. The van der Waals surface area contributed by atoms with E-state index in [0.717, 1.165) is 6.42 Å². The fourth-order valence-corrected chi connectivity index (χ4v) is 3.82. The molecule has 3 rings (SSSR count). The molecule has 9 heteroatoms. The normalized spacial score (nSPS) is 11.7. The Hall–Kier alpha value is -2.84. The first kappa shape index (κ1) is 22.8. The molecule has 7 nitrogen and oxygen atoms in total. The van der Waals surface area contributed by atoms with Gasteiger partial charge in [0, 0.05) is 24.2 Å². The molecular formula is C22H24ClN5O2S. The van der Waals surface area contributed by atoms with Crippen LogP contribution < -0.4 is 10.6 Å². The Morgan fingerprint density at radius 2 is 1.81 bits per heavy atom. The molecule has 1 atom stereocenters. The molecule has 162 valence electrons. The summed E-state index contributed by atoms with van der Waals surface area (Å²) in [6, 6.07) is 16.3. The van der Waals surface area contributed by atoms with Crippen LogP contribution >= 0.6 is 23.4 Å². The highest BCUT2D eigenvalue weighted by Crippen LogP contribution is 2.19. The summed E-state index contributed by atoms with van der Waals surface area (Å²) < 4.78 is 1.79. The monoisotopic (exact) mass is 457 g/mol. The van der Waals surface area contributed by atoms with Crippen molar-refractivity contribution in [2.75, 3.05) is 12.3 Å². The van der Waals surface area contributed by atoms with E-state index in [0.29, 0.717) is 28.1 Å². The minimum Gasteiger partial charge on any atom is -0.355 e. The number of halogens is 1. The topological polar surface area (TPSA) is 88.9 Å². The summed E-state index contributed by atoms with van der Waals surface area (Å²) in [5.74, 6) is 0.565. The van der Waals surface area contributed by atoms with Crippen molar-refractivity contribution in [1.82, 2.24) is 25.4 Å². The second kappa shape index (κ2) is 11.0. The Balaban J connectivity index is 1.48. The number of carbonyl (C=O) groups excluding carboxylic acids is 2. The van der Waals surface area contributed by atoms with Crippen LogP contribution in [0.1, 0.15) is 34.7 Å². The molecule has 3 aromatic rings. The van der Waals surface area contributed by atoms with E-state index in [2.05, 4.69) is 20.8 Å². The van der Waals surface area contributed by atoms with Crippen LogP contribution in [0.3, 0.4) is 0 Å². The number of rotatable bonds is 9. The van der Waals surface area contributed by atoms with Crippen LogP contribution in [-0.4, -0.2) is 38.9 Å². The highest BCUT2D eigenvalue weighted by atomic mass is 35.5. The van der Waals surface area contributed by atoms with Crippen LogP contribution in [0.2, 0.25) is 5.02 Å². The Morgan fingerprint density at radius 3 is 2.52 bits per heavy atom. The third-order valence-electron chi connectivity index (χ3n) is 4.62. The predicted molar refractivity (Wildman–Crippen MR) is 122 cm³/mol. The summed E-state index contributed by atoms with van der Waals surface area (Å²) in [4.78, 5) is 24.5. The van der Waals surface area contributed by atoms with Gasteiger partial charge in [-0.3, -0.25) is 9.59 Å². The lowest BCUT2D eigenvalue weighted by molar-refractivity contribution is -0.118. The van der Waals surface area contributed by atoms with Gasteiger partial charge in [-0.1, -0.05) is 53.7 Å². The van der Waals surface area contributed by atoms with Gasteiger partial charge in [-0.2, -0.15) is 0 Å². The first-order valence-electron chi connectivity index (χ1n) is 9.83. The number of hydrogen-bond acceptors (Lipinski definition) is 5. The van der Waals surface area contributed by atoms with E-state index in [1.807, 2.05) is 44.3 Å². The lowest BCUT2D eigenvalue weighted by Crippen LogP contribution is -2.28. The Bertz CT molecular complexity index is 1020. The Kier molecular flexibility index (Phi) is 8.08. The van der Waals surface area contributed by atoms with Crippen LogP contribution in [0.5, 0.6) is 0 Å². The average Bonchev–Trinajstić information content (AvgIpc) is 3.14. The Labute approximate surface area is 190 Å². The SMILES string of the molecule is C[C@@H](NC(=O)c1ccc(Cl)cc1)c1nnc(SCC(=O)NCCc2ccccc2)n1C. The molecule has 2 amide bonds. The largest absolute Gasteiger partial charge is 0.355 e. The van der Waals surface area contributed by atoms with E-state index in [1.165, 1.54) is 17.3 Å². The number of benzene rings is 2. The van der Waals surface area contributed by atoms with Gasteiger partial charge in [-0.15, -0.1) is 10.2 Å². The molecular weight excluding hydrogens is 434 g/mol. The molecule has 0 aliphatic carbocycles. The van der Waals surface area contributed by atoms with Gasteiger partial charge in [-0.05, 0) is 43.2 Å². The van der Waals surface area contributed by atoms with Crippen molar-refractivity contribution in [3.8, 4) is 0 Å². The first-order valence-corrected chi connectivity index (χ1v) is 11.2. The zero-order valence-electron chi connectivity index (χ0n) is 17.3. The molecule has 2 N–H and O–H groups in total. The molecule has 0 fully saturated rings. The summed E-state index contributed by atoms with van der Waals surface area (Å²) in [6.07, 6.45) is 0.788. The number of carbonyl (C=O) groups is 2. The molecule has 0 unspecified atom stereocenters. The average molecular weight is 458 g/mol. The van der Waals surface area contributed by atoms with Gasteiger partial charge in [0.25, 0.3) is 5.91 Å². The standard InChI is InChI=1S/C22H24ClN5O2S/c1-15(25-21(30)17-8-10-18(23)11-9-17)20-26-27-22(28(20)2)31-14-19(29)24-13-12-16-6-4-3-5-7-16/h3-11,15H,12-14H2,1-2H3,(H,24,29)(H,25,30)/t15-/m1/s1. The van der Waals surface area contributed by atoms with Gasteiger partial charge in [-0.25, -0.2) is 0 Å². The van der Waals surface area contributed by atoms with Crippen LogP contribution in [-0.2, 0) is 18.3 Å². The lowest BCUT2D eigenvalue weighted by Gasteiger charge is -2.13. The van der Waals surface area contributed by atoms with Crippen molar-refractivity contribution < 1.29 is 9.59 Å². The zero-order chi connectivity index (χ0) is 22.2. The number of nitrogens with zero attached hydrogens (tertiary/aromatic N) is 3. The fourth-order valence-electron chi connectivity index (χ4n) is 2.95. The van der Waals surface area contributed by atoms with Gasteiger partial charge in [0.2, 0.25) is 5.91 Å². The van der Waals surface area contributed by atoms with Gasteiger partial charge < -0.3 is 15.2 Å². The van der Waals surface area contributed by atoms with Crippen LogP contribution in [0, 0.1) is 0 Å². The zero-order valence-corrected chi connectivity index (χ0v) is 18.9. The van der Waals surface area contributed by atoms with Crippen molar-refractivity contribution in [3.63, 3.8) is 0 Å². The van der Waals surface area contributed by atoms with E-state index in [4.69, 9.17) is 11.6 Å². The minimum atomic E-state index is -0.352. The van der Waals surface area contributed by atoms with Gasteiger partial charge in [0.15, 0.2) is 11.0 Å². The smallest absolute Gasteiger partial charge is 0.251 e. The quantitative estimate of drug-likeness (QED) is 0.481. The summed E-state index contributed by atoms with van der Waals surface area (Å²) in [7, 11) is 1.82. The van der Waals surface area contributed by atoms with Crippen molar-refractivity contribution >= 4 is 35.2 Å². The summed E-state index contributed by atoms with van der Waals surface area (Å²) in [5.41, 5.74) is 1.70. The third kappa shape index (κ3) is 6.57. The molecule has 31 heavy (non-hydrogen) atoms. The van der Waals surface area contributed by atoms with Gasteiger partial charge >= 0.3 is 0 Å². The van der Waals surface area contributed by atoms with Crippen molar-refractivity contribution in [3.05, 3.63) is 76.6 Å².